The van der Waals surface area contributed by atoms with Gasteiger partial charge in [-0.2, -0.15) is 0 Å². The van der Waals surface area contributed by atoms with Gasteiger partial charge in [-0.15, -0.1) is 0 Å². The summed E-state index contributed by atoms with van der Waals surface area (Å²) >= 11 is 6.19. The van der Waals surface area contributed by atoms with Gasteiger partial charge in [0.05, 0.1) is 6.42 Å². The number of hydrogen-bond donors (Lipinski definition) is 1. The molecule has 1 amide bonds. The van der Waals surface area contributed by atoms with E-state index in [0.717, 1.165) is 16.7 Å². The third-order valence-corrected chi connectivity index (χ3v) is 5.17. The van der Waals surface area contributed by atoms with Crippen molar-refractivity contribution in [3.8, 4) is 11.5 Å². The fourth-order valence-corrected chi connectivity index (χ4v) is 3.38. The summed E-state index contributed by atoms with van der Waals surface area (Å²) in [5, 5.41) is 8.96. The molecular weight excluding hydrogens is 414 g/mol. The number of benzene rings is 3. The number of hydrogen-bond acceptors (Lipinski definition) is 3. The molecule has 3 aromatic carbocycles. The summed E-state index contributed by atoms with van der Waals surface area (Å²) in [7, 11) is 0. The second kappa shape index (κ2) is 10.6. The maximum absolute atomic E-state index is 12.6. The van der Waals surface area contributed by atoms with Crippen LogP contribution in [-0.4, -0.2) is 27.9 Å². The van der Waals surface area contributed by atoms with Gasteiger partial charge in [-0.1, -0.05) is 49.4 Å². The predicted octanol–water partition coefficient (Wildman–Crippen LogP) is 5.51. The quantitative estimate of drug-likeness (QED) is 0.448. The van der Waals surface area contributed by atoms with Crippen molar-refractivity contribution in [3.63, 3.8) is 0 Å². The molecule has 0 saturated carbocycles. The smallest absolute Gasteiger partial charge is 0.307 e. The number of halogens is 1. The number of aryl methyl sites for hydroxylation is 1. The molecule has 160 valence electrons. The van der Waals surface area contributed by atoms with Gasteiger partial charge in [-0.3, -0.25) is 14.0 Å². The van der Waals surface area contributed by atoms with Gasteiger partial charge in [-0.05, 0) is 59.9 Å². The van der Waals surface area contributed by atoms with Crippen molar-refractivity contribution < 1.29 is 19.4 Å². The van der Waals surface area contributed by atoms with E-state index in [4.69, 9.17) is 21.6 Å². The van der Waals surface area contributed by atoms with E-state index in [1.165, 1.54) is 4.42 Å². The number of aliphatic carboxylic acids is 1. The number of carbonyl (C=O) groups excluding carboxylic acids is 1. The molecule has 0 saturated heterocycles. The summed E-state index contributed by atoms with van der Waals surface area (Å²) in [6.45, 7) is 2.39. The van der Waals surface area contributed by atoms with Gasteiger partial charge < -0.3 is 9.84 Å². The van der Waals surface area contributed by atoms with Crippen LogP contribution in [-0.2, 0) is 24.1 Å². The highest BCUT2D eigenvalue weighted by Gasteiger charge is 2.14. The van der Waals surface area contributed by atoms with Crippen molar-refractivity contribution in [2.75, 3.05) is 6.54 Å². The number of ether oxygens (including phenoxy) is 1. The Morgan fingerprint density at radius 1 is 0.968 bits per heavy atom. The second-order valence-corrected chi connectivity index (χ2v) is 7.53. The van der Waals surface area contributed by atoms with Gasteiger partial charge in [0, 0.05) is 23.9 Å². The molecule has 31 heavy (non-hydrogen) atoms. The van der Waals surface area contributed by atoms with Crippen molar-refractivity contribution in [1.82, 2.24) is 4.42 Å². The molecule has 3 rings (SSSR count). The van der Waals surface area contributed by atoms with Gasteiger partial charge >= 0.3 is 5.97 Å². The molecule has 0 spiro atoms. The molecule has 0 atom stereocenters. The molecule has 3 aromatic rings. The average molecular weight is 438 g/mol. The Morgan fingerprint density at radius 2 is 1.68 bits per heavy atom. The minimum atomic E-state index is -0.868. The van der Waals surface area contributed by atoms with Crippen LogP contribution in [0.2, 0.25) is 0 Å². The molecule has 1 N–H and O–H groups in total. The van der Waals surface area contributed by atoms with Crippen LogP contribution >= 0.6 is 11.8 Å². The first-order valence-electron chi connectivity index (χ1n) is 10.1. The molecule has 0 fully saturated rings. The van der Waals surface area contributed by atoms with Crippen molar-refractivity contribution in [2.24, 2.45) is 0 Å². The second-order valence-electron chi connectivity index (χ2n) is 7.12. The van der Waals surface area contributed by atoms with Gasteiger partial charge in [0.2, 0.25) is 0 Å². The van der Waals surface area contributed by atoms with Gasteiger partial charge in [0.1, 0.15) is 11.5 Å². The molecule has 5 nitrogen and oxygen atoms in total. The van der Waals surface area contributed by atoms with E-state index in [0.29, 0.717) is 36.4 Å². The summed E-state index contributed by atoms with van der Waals surface area (Å²) in [6, 6.07) is 22.0. The number of amides is 1. The van der Waals surface area contributed by atoms with Crippen molar-refractivity contribution in [2.45, 2.75) is 26.2 Å². The van der Waals surface area contributed by atoms with E-state index in [9.17, 15) is 9.59 Å². The third-order valence-electron chi connectivity index (χ3n) is 4.85. The highest BCUT2D eigenvalue weighted by Crippen LogP contribution is 2.27. The largest absolute Gasteiger partial charge is 0.481 e. The molecule has 0 aliphatic rings. The normalized spacial score (nSPS) is 10.5. The molecule has 0 heterocycles. The number of carboxylic acids is 1. The predicted molar refractivity (Wildman–Crippen MR) is 121 cm³/mol. The first kappa shape index (κ1) is 22.4. The minimum absolute atomic E-state index is 0.0245. The fraction of sp³-hybridized carbons (Fsp3) is 0.200. The van der Waals surface area contributed by atoms with Crippen LogP contribution in [0.1, 0.15) is 34.0 Å². The lowest BCUT2D eigenvalue weighted by atomic mass is 10.1. The van der Waals surface area contributed by atoms with E-state index < -0.39 is 5.97 Å². The lowest BCUT2D eigenvalue weighted by Crippen LogP contribution is -2.23. The van der Waals surface area contributed by atoms with Gasteiger partial charge in [0.15, 0.2) is 0 Å². The van der Waals surface area contributed by atoms with Crippen LogP contribution in [0.5, 0.6) is 11.5 Å². The Morgan fingerprint density at radius 3 is 2.32 bits per heavy atom. The monoisotopic (exact) mass is 437 g/mol. The number of nitrogens with zero attached hydrogens (tertiary/aromatic N) is 1. The average Bonchev–Trinajstić information content (AvgIpc) is 2.78. The highest BCUT2D eigenvalue weighted by atomic mass is 35.5. The standard InChI is InChI=1S/C25H24ClNO4/c1-2-20-16-19(17-24(28)29)8-13-23(20)31-22-11-9-21(10-12-22)25(30)27(26)15-14-18-6-4-3-5-7-18/h3-13,16H,2,14-15,17H2,1H3,(H,28,29). The van der Waals surface area contributed by atoms with Crippen LogP contribution in [0.15, 0.2) is 72.8 Å². The Bertz CT molecular complexity index is 1040. The Hall–Kier alpha value is -3.31. The zero-order valence-corrected chi connectivity index (χ0v) is 18.0. The maximum atomic E-state index is 12.6. The SMILES string of the molecule is CCc1cc(CC(=O)O)ccc1Oc1ccc(C(=O)N(Cl)CCc2ccccc2)cc1. The topological polar surface area (TPSA) is 66.8 Å². The number of rotatable bonds is 9. The molecule has 0 radical (unpaired) electrons. The Kier molecular flexibility index (Phi) is 7.68. The van der Waals surface area contributed by atoms with E-state index in [1.54, 1.807) is 36.4 Å². The zero-order chi connectivity index (χ0) is 22.2. The van der Waals surface area contributed by atoms with E-state index >= 15 is 0 Å². The van der Waals surface area contributed by atoms with E-state index in [-0.39, 0.29) is 12.3 Å². The summed E-state index contributed by atoms with van der Waals surface area (Å²) < 4.78 is 7.15. The Balaban J connectivity index is 1.63. The van der Waals surface area contributed by atoms with Crippen molar-refractivity contribution in [3.05, 3.63) is 95.1 Å². The van der Waals surface area contributed by atoms with Gasteiger partial charge in [-0.25, -0.2) is 0 Å². The summed E-state index contributed by atoms with van der Waals surface area (Å²) in [4.78, 5) is 23.5. The van der Waals surface area contributed by atoms with E-state index in [2.05, 4.69) is 0 Å². The fourth-order valence-electron chi connectivity index (χ4n) is 3.20. The van der Waals surface area contributed by atoms with Crippen LogP contribution in [0.25, 0.3) is 0 Å². The zero-order valence-electron chi connectivity index (χ0n) is 17.3. The summed E-state index contributed by atoms with van der Waals surface area (Å²) in [6.07, 6.45) is 1.36. The van der Waals surface area contributed by atoms with Crippen LogP contribution < -0.4 is 4.74 Å². The number of carbonyl (C=O) groups is 2. The maximum Gasteiger partial charge on any atom is 0.307 e. The van der Waals surface area contributed by atoms with Crippen LogP contribution in [0.4, 0.5) is 0 Å². The minimum Gasteiger partial charge on any atom is -0.481 e. The number of carboxylic acid groups (broad SMARTS) is 1. The summed E-state index contributed by atoms with van der Waals surface area (Å²) in [5.74, 6) is 0.115. The first-order chi connectivity index (χ1) is 15.0. The molecular formula is C25H24ClNO4. The summed E-state index contributed by atoms with van der Waals surface area (Å²) in [5.41, 5.74) is 3.25. The molecule has 0 aromatic heterocycles. The molecule has 6 heteroatoms. The Labute approximate surface area is 187 Å². The van der Waals surface area contributed by atoms with Crippen LogP contribution in [0, 0.1) is 0 Å². The molecule has 0 aliphatic heterocycles. The third kappa shape index (κ3) is 6.33. The van der Waals surface area contributed by atoms with E-state index in [1.807, 2.05) is 43.3 Å². The molecule has 0 bridgehead atoms. The highest BCUT2D eigenvalue weighted by molar-refractivity contribution is 6.24. The molecule has 0 aliphatic carbocycles. The first-order valence-corrected chi connectivity index (χ1v) is 10.4. The lowest BCUT2D eigenvalue weighted by Gasteiger charge is -2.15. The van der Waals surface area contributed by atoms with Gasteiger partial charge in [0.25, 0.3) is 5.91 Å². The van der Waals surface area contributed by atoms with Crippen LogP contribution in [0.3, 0.4) is 0 Å². The lowest BCUT2D eigenvalue weighted by molar-refractivity contribution is -0.136. The van der Waals surface area contributed by atoms with Crippen molar-refractivity contribution in [1.29, 1.82) is 0 Å². The van der Waals surface area contributed by atoms with Crippen molar-refractivity contribution >= 4 is 23.7 Å². The molecule has 0 unspecified atom stereocenters.